The fourth-order valence-electron chi connectivity index (χ4n) is 1.36. The molecule has 1 aliphatic rings. The summed E-state index contributed by atoms with van der Waals surface area (Å²) in [6, 6.07) is 0. The fourth-order valence-corrected chi connectivity index (χ4v) is 2.13. The first-order valence-corrected chi connectivity index (χ1v) is 4.70. The molecule has 1 aliphatic heterocycles. The number of halogens is 1. The van der Waals surface area contributed by atoms with Crippen LogP contribution in [0.5, 0.6) is 0 Å². The molecule has 11 heavy (non-hydrogen) atoms. The molecule has 1 N–H and O–H groups in total. The molecule has 0 unspecified atom stereocenters. The smallest absolute Gasteiger partial charge is 0.220 e. The second-order valence-corrected chi connectivity index (χ2v) is 3.31. The van der Waals surface area contributed by atoms with Gasteiger partial charge in [0.05, 0.1) is 6.10 Å². The van der Waals surface area contributed by atoms with Crippen LogP contribution in [0.4, 0.5) is 0 Å². The van der Waals surface area contributed by atoms with Crippen LogP contribution in [0.2, 0.25) is 0 Å². The molecule has 0 aromatic rings. The minimum absolute atomic E-state index is 0.155. The highest BCUT2D eigenvalue weighted by Gasteiger charge is 2.28. The van der Waals surface area contributed by atoms with Gasteiger partial charge in [0.2, 0.25) is 5.91 Å². The highest BCUT2D eigenvalue weighted by molar-refractivity contribution is 14.1. The van der Waals surface area contributed by atoms with Crippen LogP contribution >= 0.6 is 23.0 Å². The van der Waals surface area contributed by atoms with Gasteiger partial charge in [-0.1, -0.05) is 6.92 Å². The Morgan fingerprint density at radius 2 is 2.64 bits per heavy atom. The summed E-state index contributed by atoms with van der Waals surface area (Å²) in [6.07, 6.45) is 1.83. The summed E-state index contributed by atoms with van der Waals surface area (Å²) >= 11 is 1.91. The van der Waals surface area contributed by atoms with E-state index in [1.807, 2.05) is 23.0 Å². The molecule has 1 fully saturated rings. The zero-order chi connectivity index (χ0) is 8.27. The Morgan fingerprint density at radius 1 is 1.91 bits per heavy atom. The van der Waals surface area contributed by atoms with Gasteiger partial charge < -0.3 is 8.38 Å². The normalized spacial score (nSPS) is 26.7. The van der Waals surface area contributed by atoms with Gasteiger partial charge in [-0.05, 0) is 6.42 Å². The molecule has 1 saturated heterocycles. The average molecular weight is 269 g/mol. The second kappa shape index (κ2) is 4.25. The van der Waals surface area contributed by atoms with Crippen molar-refractivity contribution < 1.29 is 7.86 Å². The van der Waals surface area contributed by atoms with Gasteiger partial charge in [-0.3, -0.25) is 4.79 Å². The van der Waals surface area contributed by atoms with Crippen LogP contribution in [-0.4, -0.2) is 18.6 Å². The van der Waals surface area contributed by atoms with Gasteiger partial charge in [0.25, 0.3) is 0 Å². The number of amides is 1. The van der Waals surface area contributed by atoms with Gasteiger partial charge in [0.15, 0.2) is 0 Å². The van der Waals surface area contributed by atoms with Crippen LogP contribution in [0.1, 0.15) is 19.8 Å². The zero-order valence-corrected chi connectivity index (χ0v) is 8.63. The minimum atomic E-state index is 0.155. The summed E-state index contributed by atoms with van der Waals surface area (Å²) in [5.74, 6) is 0.534. The molecule has 0 spiro atoms. The molecule has 2 atom stereocenters. The van der Waals surface area contributed by atoms with Crippen LogP contribution in [0.15, 0.2) is 0 Å². The largest absolute Gasteiger partial charge is 0.356 e. The van der Waals surface area contributed by atoms with Crippen molar-refractivity contribution in [2.45, 2.75) is 25.9 Å². The Kier molecular flexibility index (Phi) is 3.58. The third kappa shape index (κ3) is 2.30. The monoisotopic (exact) mass is 269 g/mol. The van der Waals surface area contributed by atoms with Crippen LogP contribution in [0.3, 0.4) is 0 Å². The van der Waals surface area contributed by atoms with Crippen LogP contribution in [-0.2, 0) is 7.86 Å². The maximum atomic E-state index is 10.8. The van der Waals surface area contributed by atoms with E-state index in [1.54, 1.807) is 0 Å². The molecule has 64 valence electrons. The number of rotatable bonds is 3. The molecule has 1 rings (SSSR count). The third-order valence-corrected chi connectivity index (χ3v) is 2.70. The maximum Gasteiger partial charge on any atom is 0.220 e. The lowest BCUT2D eigenvalue weighted by Crippen LogP contribution is -2.22. The molecule has 0 saturated carbocycles. The number of nitrogens with one attached hydrogen (secondary N) is 1. The van der Waals surface area contributed by atoms with Gasteiger partial charge in [-0.2, -0.15) is 0 Å². The average Bonchev–Trinajstić information content (AvgIpc) is 2.39. The molecule has 1 heterocycles. The summed E-state index contributed by atoms with van der Waals surface area (Å²) in [5, 5.41) is 2.80. The van der Waals surface area contributed by atoms with Crippen molar-refractivity contribution >= 4 is 28.9 Å². The van der Waals surface area contributed by atoms with Crippen LogP contribution < -0.4 is 5.32 Å². The molecule has 4 heteroatoms. The topological polar surface area (TPSA) is 38.3 Å². The van der Waals surface area contributed by atoms with E-state index in [0.717, 1.165) is 13.0 Å². The zero-order valence-electron chi connectivity index (χ0n) is 6.47. The molecule has 3 nitrogen and oxygen atoms in total. The van der Waals surface area contributed by atoms with Gasteiger partial charge in [-0.25, -0.2) is 0 Å². The molecule has 0 bridgehead atoms. The molecule has 0 aliphatic carbocycles. The van der Waals surface area contributed by atoms with E-state index in [-0.39, 0.29) is 12.0 Å². The highest BCUT2D eigenvalue weighted by atomic mass is 127. The Morgan fingerprint density at radius 3 is 3.00 bits per heavy atom. The van der Waals surface area contributed by atoms with E-state index in [2.05, 4.69) is 12.2 Å². The molecule has 1 amide bonds. The lowest BCUT2D eigenvalue weighted by atomic mass is 10.00. The molecular weight excluding hydrogens is 257 g/mol. The Bertz CT molecular complexity index is 147. The Labute approximate surface area is 80.6 Å². The van der Waals surface area contributed by atoms with Gasteiger partial charge in [-0.15, -0.1) is 0 Å². The van der Waals surface area contributed by atoms with E-state index >= 15 is 0 Å². The van der Waals surface area contributed by atoms with Crippen molar-refractivity contribution in [3.8, 4) is 0 Å². The van der Waals surface area contributed by atoms with Crippen molar-refractivity contribution in [1.82, 2.24) is 5.32 Å². The first kappa shape index (κ1) is 9.25. The number of carbonyl (C=O) groups is 1. The summed E-state index contributed by atoms with van der Waals surface area (Å²) < 4.78 is 5.21. The van der Waals surface area contributed by atoms with Crippen molar-refractivity contribution in [3.05, 3.63) is 0 Å². The SMILES string of the molecule is CC[C@@H](OI)[C@H]1CNC(=O)C1. The van der Waals surface area contributed by atoms with Gasteiger partial charge in [0, 0.05) is 18.9 Å². The predicted octanol–water partition coefficient (Wildman–Crippen LogP) is 1.27. The van der Waals surface area contributed by atoms with Crippen LogP contribution in [0, 0.1) is 5.92 Å². The minimum Gasteiger partial charge on any atom is -0.356 e. The Hall–Kier alpha value is 0.160. The van der Waals surface area contributed by atoms with Crippen molar-refractivity contribution in [1.29, 1.82) is 0 Å². The second-order valence-electron chi connectivity index (χ2n) is 2.80. The standard InChI is InChI=1S/C7H12INO2/c1-2-6(11-8)5-3-7(10)9-4-5/h5-6H,2-4H2,1H3,(H,9,10)/t5-,6-/m1/s1. The van der Waals surface area contributed by atoms with Gasteiger partial charge in [0.1, 0.15) is 23.0 Å². The van der Waals surface area contributed by atoms with Crippen LogP contribution in [0.25, 0.3) is 0 Å². The predicted molar refractivity (Wildman–Crippen MR) is 50.3 cm³/mol. The lowest BCUT2D eigenvalue weighted by Gasteiger charge is -2.16. The summed E-state index contributed by atoms with van der Waals surface area (Å²) in [5.41, 5.74) is 0. The van der Waals surface area contributed by atoms with E-state index in [0.29, 0.717) is 12.3 Å². The molecule has 0 aromatic carbocycles. The quantitative estimate of drug-likeness (QED) is 0.783. The molecular formula is C7H12INO2. The third-order valence-electron chi connectivity index (χ3n) is 2.05. The first-order valence-electron chi connectivity index (χ1n) is 3.82. The Balaban J connectivity index is 2.40. The van der Waals surface area contributed by atoms with Crippen molar-refractivity contribution in [2.75, 3.05) is 6.54 Å². The van der Waals surface area contributed by atoms with E-state index in [4.69, 9.17) is 3.07 Å². The van der Waals surface area contributed by atoms with E-state index < -0.39 is 0 Å². The summed E-state index contributed by atoms with van der Waals surface area (Å²) in [6.45, 7) is 2.85. The van der Waals surface area contributed by atoms with Crippen molar-refractivity contribution in [3.63, 3.8) is 0 Å². The highest BCUT2D eigenvalue weighted by Crippen LogP contribution is 2.20. The number of hydrogen-bond donors (Lipinski definition) is 1. The lowest BCUT2D eigenvalue weighted by molar-refractivity contribution is -0.119. The summed E-state index contributed by atoms with van der Waals surface area (Å²) in [7, 11) is 0. The fraction of sp³-hybridized carbons (Fsp3) is 0.857. The molecule has 0 radical (unpaired) electrons. The number of hydrogen-bond acceptors (Lipinski definition) is 2. The number of carbonyl (C=O) groups excluding carboxylic acids is 1. The van der Waals surface area contributed by atoms with E-state index in [9.17, 15) is 4.79 Å². The van der Waals surface area contributed by atoms with E-state index in [1.165, 1.54) is 0 Å². The van der Waals surface area contributed by atoms with Crippen molar-refractivity contribution in [2.24, 2.45) is 5.92 Å². The first-order chi connectivity index (χ1) is 5.27. The summed E-state index contributed by atoms with van der Waals surface area (Å²) in [4.78, 5) is 10.8. The maximum absolute atomic E-state index is 10.8. The molecule has 0 aromatic heterocycles. The van der Waals surface area contributed by atoms with Gasteiger partial charge >= 0.3 is 0 Å².